The van der Waals surface area contributed by atoms with E-state index in [2.05, 4.69) is 6.42 Å². The zero-order valence-electron chi connectivity index (χ0n) is 12.6. The van der Waals surface area contributed by atoms with E-state index in [4.69, 9.17) is 5.26 Å². The van der Waals surface area contributed by atoms with E-state index < -0.39 is 18.3 Å². The Balaban J connectivity index is 0.00000161. The molecule has 3 saturated carbocycles. The molecule has 21 heavy (non-hydrogen) atoms. The van der Waals surface area contributed by atoms with E-state index in [-0.39, 0.29) is 47.2 Å². The average molecular weight is 421 g/mol. The van der Waals surface area contributed by atoms with Gasteiger partial charge in [0.15, 0.2) is 0 Å². The van der Waals surface area contributed by atoms with Crippen LogP contribution in [0.15, 0.2) is 0 Å². The van der Waals surface area contributed by atoms with Gasteiger partial charge >= 0.3 is 0 Å². The number of halogens is 2. The van der Waals surface area contributed by atoms with E-state index in [1.165, 1.54) is 32.1 Å². The molecule has 0 amide bonds. The summed E-state index contributed by atoms with van der Waals surface area (Å²) in [5.41, 5.74) is 0. The molecule has 1 radical (unpaired) electrons. The number of nitrogens with zero attached hydrogens (tertiary/aromatic N) is 1. The van der Waals surface area contributed by atoms with Crippen molar-refractivity contribution >= 4 is 0 Å². The Morgan fingerprint density at radius 3 is 2.14 bits per heavy atom. The molecule has 0 saturated heterocycles. The zero-order chi connectivity index (χ0) is 14.1. The van der Waals surface area contributed by atoms with Gasteiger partial charge in [-0.25, -0.2) is 8.78 Å². The van der Waals surface area contributed by atoms with Crippen LogP contribution in [-0.2, 0) is 0 Å². The molecule has 3 aliphatic carbocycles. The predicted octanol–water partition coefficient (Wildman–Crippen LogP) is 4.63. The topological polar surface area (TPSA) is 23.8 Å². The molecule has 5 atom stereocenters. The molecule has 0 spiro atoms. The van der Waals surface area contributed by atoms with Gasteiger partial charge in [0.1, 0.15) is 18.3 Å². The second-order valence-corrected chi connectivity index (χ2v) is 7.11. The average Bonchev–Trinajstić information content (AvgIpc) is 2.46. The molecule has 4 heteroatoms. The van der Waals surface area contributed by atoms with Gasteiger partial charge in [0.2, 0.25) is 0 Å². The van der Waals surface area contributed by atoms with Crippen molar-refractivity contribution in [1.82, 2.24) is 0 Å². The molecular formula is C17H24F2NPr-. The third-order valence-electron chi connectivity index (χ3n) is 6.04. The van der Waals surface area contributed by atoms with Crippen LogP contribution in [0.1, 0.15) is 51.4 Å². The van der Waals surface area contributed by atoms with Crippen LogP contribution in [0.5, 0.6) is 0 Å². The Hall–Kier alpha value is 0.714. The molecule has 115 valence electrons. The maximum atomic E-state index is 14.0. The van der Waals surface area contributed by atoms with Crippen LogP contribution in [0.25, 0.3) is 0 Å². The van der Waals surface area contributed by atoms with E-state index >= 15 is 0 Å². The summed E-state index contributed by atoms with van der Waals surface area (Å²) in [5.74, 6) is 1.25. The van der Waals surface area contributed by atoms with Gasteiger partial charge in [0.05, 0.1) is 6.07 Å². The van der Waals surface area contributed by atoms with Gasteiger partial charge in [-0.15, -0.1) is 0 Å². The first kappa shape index (κ1) is 18.1. The van der Waals surface area contributed by atoms with E-state index in [9.17, 15) is 8.78 Å². The Labute approximate surface area is 160 Å². The van der Waals surface area contributed by atoms with Crippen molar-refractivity contribution in [2.45, 2.75) is 63.7 Å². The molecule has 0 aromatic carbocycles. The molecule has 5 unspecified atom stereocenters. The fourth-order valence-corrected chi connectivity index (χ4v) is 4.86. The third-order valence-corrected chi connectivity index (χ3v) is 6.04. The predicted molar refractivity (Wildman–Crippen MR) is 74.1 cm³/mol. The molecule has 0 aliphatic heterocycles. The first-order valence-corrected chi connectivity index (χ1v) is 8.18. The Morgan fingerprint density at radius 2 is 1.48 bits per heavy atom. The number of hydrogen-bond donors (Lipinski definition) is 0. The van der Waals surface area contributed by atoms with Crippen LogP contribution in [-0.4, -0.2) is 12.3 Å². The smallest absolute Gasteiger partial charge is 0.119 e. The number of fused-ring (bicyclic) bond motifs is 1. The molecule has 0 bridgehead atoms. The van der Waals surface area contributed by atoms with Crippen LogP contribution in [0, 0.1) is 88.6 Å². The largest absolute Gasteiger partial charge is 0.328 e. The third kappa shape index (κ3) is 3.98. The summed E-state index contributed by atoms with van der Waals surface area (Å²) in [6.07, 6.45) is 7.98. The van der Waals surface area contributed by atoms with Crippen molar-refractivity contribution in [3.05, 3.63) is 6.42 Å². The molecule has 3 aliphatic rings. The van der Waals surface area contributed by atoms with Gasteiger partial charge in [-0.1, -0.05) is 18.8 Å². The van der Waals surface area contributed by atoms with Crippen LogP contribution < -0.4 is 0 Å². The minimum Gasteiger partial charge on any atom is -0.328 e. The Morgan fingerprint density at radius 1 is 0.857 bits per heavy atom. The van der Waals surface area contributed by atoms with Crippen molar-refractivity contribution in [3.63, 3.8) is 0 Å². The number of alkyl halides is 2. The molecule has 0 aromatic rings. The van der Waals surface area contributed by atoms with E-state index in [1.807, 2.05) is 6.07 Å². The normalized spacial score (nSPS) is 46.8. The van der Waals surface area contributed by atoms with E-state index in [0.29, 0.717) is 18.8 Å². The van der Waals surface area contributed by atoms with Gasteiger partial charge < -0.3 is 6.42 Å². The van der Waals surface area contributed by atoms with Crippen LogP contribution in [0.2, 0.25) is 0 Å². The number of rotatable bonds is 1. The van der Waals surface area contributed by atoms with Crippen LogP contribution >= 0.6 is 0 Å². The molecule has 0 N–H and O–H groups in total. The van der Waals surface area contributed by atoms with Crippen molar-refractivity contribution in [1.29, 1.82) is 5.26 Å². The van der Waals surface area contributed by atoms with Crippen molar-refractivity contribution in [3.8, 4) is 6.07 Å². The first-order valence-electron chi connectivity index (χ1n) is 8.18. The summed E-state index contributed by atoms with van der Waals surface area (Å²) in [7, 11) is 0. The summed E-state index contributed by atoms with van der Waals surface area (Å²) >= 11 is 0. The van der Waals surface area contributed by atoms with Crippen LogP contribution in [0.3, 0.4) is 0 Å². The maximum Gasteiger partial charge on any atom is 0.119 e. The first-order chi connectivity index (χ1) is 9.69. The van der Waals surface area contributed by atoms with Gasteiger partial charge in [0, 0.05) is 41.3 Å². The minimum absolute atomic E-state index is 0. The SMILES string of the molecule is N#CC1C(F)CC(C2CCC3C[CH-]CCC3C2)CC1F.[Pr]. The second kappa shape index (κ2) is 8.00. The van der Waals surface area contributed by atoms with Gasteiger partial charge in [-0.2, -0.15) is 18.1 Å². The molecule has 3 fully saturated rings. The molecule has 3 rings (SSSR count). The van der Waals surface area contributed by atoms with Gasteiger partial charge in [0.25, 0.3) is 0 Å². The summed E-state index contributed by atoms with van der Waals surface area (Å²) in [5, 5.41) is 8.85. The van der Waals surface area contributed by atoms with Crippen molar-refractivity contribution in [2.24, 2.45) is 29.6 Å². The summed E-state index contributed by atoms with van der Waals surface area (Å²) in [6, 6.07) is 1.82. The van der Waals surface area contributed by atoms with Crippen molar-refractivity contribution < 1.29 is 50.1 Å². The second-order valence-electron chi connectivity index (χ2n) is 7.11. The van der Waals surface area contributed by atoms with Crippen LogP contribution in [0.4, 0.5) is 8.78 Å². The summed E-state index contributed by atoms with van der Waals surface area (Å²) in [6.45, 7) is 0. The Bertz CT molecular complexity index is 371. The number of hydrogen-bond acceptors (Lipinski definition) is 1. The summed E-state index contributed by atoms with van der Waals surface area (Å²) in [4.78, 5) is 0. The fourth-order valence-electron chi connectivity index (χ4n) is 4.86. The fraction of sp³-hybridized carbons (Fsp3) is 0.882. The maximum absolute atomic E-state index is 14.0. The van der Waals surface area contributed by atoms with Gasteiger partial charge in [-0.3, -0.25) is 0 Å². The standard InChI is InChI=1S/C17H24F2N.Pr/c18-16-8-14(9-17(19)15(16)10-20)13-6-5-11-3-1-2-4-12(11)7-13;/h1,11-17H,2-9H2;/q-1;. The quantitative estimate of drug-likeness (QED) is 0.567. The van der Waals surface area contributed by atoms with Gasteiger partial charge in [-0.05, 0) is 43.4 Å². The molecule has 0 heterocycles. The van der Waals surface area contributed by atoms with Crippen molar-refractivity contribution in [2.75, 3.05) is 0 Å². The van der Waals surface area contributed by atoms with E-state index in [0.717, 1.165) is 18.3 Å². The molecular weight excluding hydrogens is 397 g/mol. The zero-order valence-corrected chi connectivity index (χ0v) is 16.3. The molecule has 1 nitrogen and oxygen atoms in total. The minimum atomic E-state index is -1.26. The Kier molecular flexibility index (Phi) is 6.88. The number of nitriles is 1. The van der Waals surface area contributed by atoms with E-state index in [1.54, 1.807) is 0 Å². The summed E-state index contributed by atoms with van der Waals surface area (Å²) < 4.78 is 27.9. The monoisotopic (exact) mass is 421 g/mol. The molecule has 0 aromatic heterocycles.